The Labute approximate surface area is 180 Å². The monoisotopic (exact) mass is 431 g/mol. The van der Waals surface area contributed by atoms with Crippen molar-refractivity contribution in [2.75, 3.05) is 0 Å². The normalized spacial score (nSPS) is 12.7. The highest BCUT2D eigenvalue weighted by molar-refractivity contribution is 6.30. The van der Waals surface area contributed by atoms with Gasteiger partial charge in [0.25, 0.3) is 0 Å². The van der Waals surface area contributed by atoms with Crippen LogP contribution in [0.5, 0.6) is 0 Å². The van der Waals surface area contributed by atoms with Gasteiger partial charge in [-0.25, -0.2) is 4.79 Å². The van der Waals surface area contributed by atoms with Gasteiger partial charge in [-0.05, 0) is 29.2 Å². The van der Waals surface area contributed by atoms with Crippen LogP contribution in [0.25, 0.3) is 0 Å². The van der Waals surface area contributed by atoms with Gasteiger partial charge in [-0.3, -0.25) is 9.59 Å². The van der Waals surface area contributed by atoms with Crippen LogP contribution in [-0.4, -0.2) is 30.0 Å². The first-order chi connectivity index (χ1) is 14.3. The molecule has 0 radical (unpaired) electrons. The van der Waals surface area contributed by atoms with Crippen molar-refractivity contribution in [3.05, 3.63) is 70.7 Å². The van der Waals surface area contributed by atoms with Crippen LogP contribution in [0.15, 0.2) is 54.6 Å². The second-order valence-corrected chi connectivity index (χ2v) is 7.66. The number of rotatable bonds is 9. The number of carbonyl (C=O) groups is 3. The van der Waals surface area contributed by atoms with E-state index in [0.29, 0.717) is 5.02 Å². The fourth-order valence-electron chi connectivity index (χ4n) is 2.81. The van der Waals surface area contributed by atoms with Crippen LogP contribution in [0.2, 0.25) is 5.02 Å². The molecule has 0 bridgehead atoms. The van der Waals surface area contributed by atoms with Gasteiger partial charge in [0.15, 0.2) is 0 Å². The van der Waals surface area contributed by atoms with E-state index in [1.807, 2.05) is 30.3 Å². The summed E-state index contributed by atoms with van der Waals surface area (Å²) in [7, 11) is 0. The highest BCUT2D eigenvalue weighted by Crippen LogP contribution is 2.13. The molecule has 0 unspecified atom stereocenters. The maximum Gasteiger partial charge on any atom is 0.408 e. The van der Waals surface area contributed by atoms with Crippen molar-refractivity contribution in [2.24, 2.45) is 11.7 Å². The minimum absolute atomic E-state index is 0.0811. The molecule has 4 N–H and O–H groups in total. The number of alkyl carbamates (subject to hydrolysis) is 1. The Balaban J connectivity index is 1.98. The van der Waals surface area contributed by atoms with E-state index in [-0.39, 0.29) is 18.9 Å². The first-order valence-corrected chi connectivity index (χ1v) is 9.95. The lowest BCUT2D eigenvalue weighted by molar-refractivity contribution is -0.129. The lowest BCUT2D eigenvalue weighted by Crippen LogP contribution is -2.55. The Morgan fingerprint density at radius 2 is 1.67 bits per heavy atom. The third-order valence-corrected chi connectivity index (χ3v) is 4.66. The SMILES string of the molecule is CC(C)[C@@H](NC(=O)OCc1ccccc1)C(=O)N[C@H](Cc1cccc(Cl)c1)C(N)=O. The summed E-state index contributed by atoms with van der Waals surface area (Å²) < 4.78 is 5.18. The van der Waals surface area contributed by atoms with Gasteiger partial charge in [-0.1, -0.05) is 67.9 Å². The molecule has 0 aliphatic rings. The number of ether oxygens (including phenoxy) is 1. The average Bonchev–Trinajstić information content (AvgIpc) is 2.70. The average molecular weight is 432 g/mol. The van der Waals surface area contributed by atoms with Crippen LogP contribution in [0.1, 0.15) is 25.0 Å². The Morgan fingerprint density at radius 3 is 2.27 bits per heavy atom. The van der Waals surface area contributed by atoms with E-state index in [2.05, 4.69) is 10.6 Å². The summed E-state index contributed by atoms with van der Waals surface area (Å²) in [6.07, 6.45) is -0.538. The van der Waals surface area contributed by atoms with Crippen molar-refractivity contribution in [1.29, 1.82) is 0 Å². The van der Waals surface area contributed by atoms with Crippen LogP contribution < -0.4 is 16.4 Å². The maximum absolute atomic E-state index is 12.8. The second-order valence-electron chi connectivity index (χ2n) is 7.23. The van der Waals surface area contributed by atoms with Crippen molar-refractivity contribution in [1.82, 2.24) is 10.6 Å². The summed E-state index contributed by atoms with van der Waals surface area (Å²) in [5.74, 6) is -1.45. The molecule has 0 saturated carbocycles. The number of nitrogens with two attached hydrogens (primary N) is 1. The molecule has 0 aliphatic carbocycles. The van der Waals surface area contributed by atoms with Gasteiger partial charge in [-0.15, -0.1) is 0 Å². The van der Waals surface area contributed by atoms with Crippen LogP contribution in [-0.2, 0) is 27.4 Å². The molecule has 3 amide bonds. The summed E-state index contributed by atoms with van der Waals surface area (Å²) >= 11 is 5.97. The molecule has 30 heavy (non-hydrogen) atoms. The predicted molar refractivity (Wildman–Crippen MR) is 115 cm³/mol. The number of carbonyl (C=O) groups excluding carboxylic acids is 3. The van der Waals surface area contributed by atoms with E-state index < -0.39 is 30.0 Å². The number of amides is 3. The van der Waals surface area contributed by atoms with E-state index in [4.69, 9.17) is 22.1 Å². The van der Waals surface area contributed by atoms with Gasteiger partial charge in [0.05, 0.1) is 0 Å². The molecular formula is C22H26ClN3O4. The molecular weight excluding hydrogens is 406 g/mol. The maximum atomic E-state index is 12.8. The summed E-state index contributed by atoms with van der Waals surface area (Å²) in [5.41, 5.74) is 7.04. The largest absolute Gasteiger partial charge is 0.445 e. The summed E-state index contributed by atoms with van der Waals surface area (Å²) in [4.78, 5) is 36.8. The minimum Gasteiger partial charge on any atom is -0.445 e. The molecule has 2 aromatic carbocycles. The van der Waals surface area contributed by atoms with Crippen molar-refractivity contribution in [3.63, 3.8) is 0 Å². The van der Waals surface area contributed by atoms with Crippen molar-refractivity contribution >= 4 is 29.5 Å². The van der Waals surface area contributed by atoms with Crippen LogP contribution >= 0.6 is 11.6 Å². The molecule has 7 nitrogen and oxygen atoms in total. The fourth-order valence-corrected chi connectivity index (χ4v) is 3.02. The third kappa shape index (κ3) is 7.40. The first-order valence-electron chi connectivity index (χ1n) is 9.57. The van der Waals surface area contributed by atoms with E-state index in [1.165, 1.54) is 0 Å². The van der Waals surface area contributed by atoms with Gasteiger partial charge >= 0.3 is 6.09 Å². The smallest absolute Gasteiger partial charge is 0.408 e. The van der Waals surface area contributed by atoms with Crippen LogP contribution in [0.3, 0.4) is 0 Å². The zero-order valence-electron chi connectivity index (χ0n) is 16.9. The Morgan fingerprint density at radius 1 is 1.00 bits per heavy atom. The quantitative estimate of drug-likeness (QED) is 0.566. The molecule has 160 valence electrons. The zero-order valence-corrected chi connectivity index (χ0v) is 17.7. The molecule has 2 rings (SSSR count). The molecule has 0 aliphatic heterocycles. The van der Waals surface area contributed by atoms with Gasteiger partial charge < -0.3 is 21.1 Å². The number of hydrogen-bond donors (Lipinski definition) is 3. The summed E-state index contributed by atoms with van der Waals surface area (Å²) in [6, 6.07) is 14.3. The van der Waals surface area contributed by atoms with Crippen molar-refractivity contribution in [2.45, 2.75) is 39.0 Å². The van der Waals surface area contributed by atoms with E-state index >= 15 is 0 Å². The zero-order chi connectivity index (χ0) is 22.1. The van der Waals surface area contributed by atoms with Crippen LogP contribution in [0, 0.1) is 5.92 Å². The molecule has 0 fully saturated rings. The molecule has 2 atom stereocenters. The van der Waals surface area contributed by atoms with Crippen molar-refractivity contribution in [3.8, 4) is 0 Å². The summed E-state index contributed by atoms with van der Waals surface area (Å²) in [5, 5.41) is 5.69. The molecule has 0 spiro atoms. The topological polar surface area (TPSA) is 111 Å². The number of hydrogen-bond acceptors (Lipinski definition) is 4. The van der Waals surface area contributed by atoms with Crippen molar-refractivity contribution < 1.29 is 19.1 Å². The van der Waals surface area contributed by atoms with Gasteiger partial charge in [0.2, 0.25) is 11.8 Å². The lowest BCUT2D eigenvalue weighted by Gasteiger charge is -2.24. The molecule has 2 aromatic rings. The molecule has 8 heteroatoms. The molecule has 0 aromatic heterocycles. The fraction of sp³-hybridized carbons (Fsp3) is 0.318. The van der Waals surface area contributed by atoms with Gasteiger partial charge in [0.1, 0.15) is 18.7 Å². The number of nitrogens with one attached hydrogen (secondary N) is 2. The van der Waals surface area contributed by atoms with Gasteiger partial charge in [0, 0.05) is 11.4 Å². The molecule has 0 saturated heterocycles. The number of benzene rings is 2. The van der Waals surface area contributed by atoms with Gasteiger partial charge in [-0.2, -0.15) is 0 Å². The molecule has 0 heterocycles. The predicted octanol–water partition coefficient (Wildman–Crippen LogP) is 2.80. The standard InChI is InChI=1S/C22H26ClN3O4/c1-14(2)19(26-22(29)30-13-15-7-4-3-5-8-15)21(28)25-18(20(24)27)12-16-9-6-10-17(23)11-16/h3-11,14,18-19H,12-13H2,1-2H3,(H2,24,27)(H,25,28)(H,26,29)/t18-,19-/m1/s1. The van der Waals surface area contributed by atoms with E-state index in [9.17, 15) is 14.4 Å². The Hall–Kier alpha value is -3.06. The van der Waals surface area contributed by atoms with E-state index in [0.717, 1.165) is 11.1 Å². The number of halogens is 1. The Kier molecular flexibility index (Phi) is 8.68. The lowest BCUT2D eigenvalue weighted by atomic mass is 10.0. The number of primary amides is 1. The minimum atomic E-state index is -0.945. The Bertz CT molecular complexity index is 874. The van der Waals surface area contributed by atoms with Crippen LogP contribution in [0.4, 0.5) is 4.79 Å². The second kappa shape index (κ2) is 11.2. The highest BCUT2D eigenvalue weighted by atomic mass is 35.5. The highest BCUT2D eigenvalue weighted by Gasteiger charge is 2.28. The van der Waals surface area contributed by atoms with E-state index in [1.54, 1.807) is 38.1 Å². The first kappa shape index (κ1) is 23.2. The summed E-state index contributed by atoms with van der Waals surface area (Å²) in [6.45, 7) is 3.63. The third-order valence-electron chi connectivity index (χ3n) is 4.42.